The van der Waals surface area contributed by atoms with E-state index in [0.29, 0.717) is 6.04 Å². The first-order chi connectivity index (χ1) is 11.1. The third-order valence-corrected chi connectivity index (χ3v) is 9.63. The van der Waals surface area contributed by atoms with Gasteiger partial charge in [-0.3, -0.25) is 0 Å². The predicted octanol–water partition coefficient (Wildman–Crippen LogP) is 3.14. The van der Waals surface area contributed by atoms with Crippen LogP contribution in [0, 0.1) is 0 Å². The number of nitrogens with zero attached hydrogens (tertiary/aromatic N) is 3. The van der Waals surface area contributed by atoms with E-state index in [1.54, 1.807) is 0 Å². The molecule has 1 fully saturated rings. The Morgan fingerprint density at radius 3 is 2.38 bits per heavy atom. The number of hydrogen-bond donors (Lipinski definition) is 1. The second-order valence-corrected chi connectivity index (χ2v) is 23.3. The van der Waals surface area contributed by atoms with Crippen LogP contribution < -0.4 is 13.9 Å². The summed E-state index contributed by atoms with van der Waals surface area (Å²) in [6.45, 7) is 8.78. The van der Waals surface area contributed by atoms with Crippen molar-refractivity contribution in [1.29, 1.82) is 0 Å². The molecule has 0 aliphatic carbocycles. The molecule has 24 heavy (non-hydrogen) atoms. The van der Waals surface area contributed by atoms with Crippen LogP contribution in [0.15, 0.2) is 24.3 Å². The summed E-state index contributed by atoms with van der Waals surface area (Å²) < 4.78 is 1.32. The number of aromatic nitrogens is 2. The van der Waals surface area contributed by atoms with Crippen molar-refractivity contribution in [3.05, 3.63) is 24.3 Å². The second-order valence-electron chi connectivity index (χ2n) is 8.98. The van der Waals surface area contributed by atoms with Crippen molar-refractivity contribution < 1.29 is 0 Å². The van der Waals surface area contributed by atoms with E-state index in [1.807, 2.05) is 0 Å². The van der Waals surface area contributed by atoms with Crippen LogP contribution in [-0.2, 0) is 0 Å². The molecule has 3 rings (SSSR count). The van der Waals surface area contributed by atoms with Gasteiger partial charge in [0.05, 0.1) is 0 Å². The summed E-state index contributed by atoms with van der Waals surface area (Å²) in [5.41, 5.74) is 2.21. The van der Waals surface area contributed by atoms with E-state index < -0.39 is 18.4 Å². The summed E-state index contributed by atoms with van der Waals surface area (Å²) in [5, 5.41) is 3.70. The van der Waals surface area contributed by atoms with Gasteiger partial charge in [0.2, 0.25) is 0 Å². The normalized spacial score (nSPS) is 19.2. The molecular weight excluding hydrogens is 403 g/mol. The quantitative estimate of drug-likeness (QED) is 0.756. The first kappa shape index (κ1) is 17.9. The summed E-state index contributed by atoms with van der Waals surface area (Å²) >= 11 is -2.12. The fourth-order valence-corrected chi connectivity index (χ4v) is 6.26. The molecule has 2 aromatic rings. The molecule has 1 aliphatic heterocycles. The molecule has 0 bridgehead atoms. The Labute approximate surface area is 149 Å². The van der Waals surface area contributed by atoms with Crippen LogP contribution in [0.5, 0.6) is 0 Å². The van der Waals surface area contributed by atoms with Crippen LogP contribution in [0.3, 0.4) is 0 Å². The Morgan fingerprint density at radius 2 is 1.71 bits per heavy atom. The van der Waals surface area contributed by atoms with Gasteiger partial charge < -0.3 is 0 Å². The van der Waals surface area contributed by atoms with E-state index in [9.17, 15) is 0 Å². The fourth-order valence-electron chi connectivity index (χ4n) is 3.29. The van der Waals surface area contributed by atoms with Gasteiger partial charge in [-0.25, -0.2) is 0 Å². The molecule has 0 saturated carbocycles. The number of rotatable bonds is 3. The molecule has 0 aromatic carbocycles. The van der Waals surface area contributed by atoms with Crippen molar-refractivity contribution in [2.24, 2.45) is 0 Å². The standard InChI is InChI=1S/C16H21N4.3CH3.Sn/c1-16(2,3)19-12-8-10-20(11-12)15-7-6-13-14(18-15)5-4-9-17-13;;;;/h4-7,12,19H,8,10-11H2,1-3H3;3*1H3;. The number of anilines is 1. The molecule has 1 atom stereocenters. The topological polar surface area (TPSA) is 41.0 Å². The number of pyridine rings is 2. The zero-order valence-electron chi connectivity index (χ0n) is 15.8. The third-order valence-electron chi connectivity index (χ3n) is 4.45. The summed E-state index contributed by atoms with van der Waals surface area (Å²) in [4.78, 5) is 19.3. The van der Waals surface area contributed by atoms with Crippen LogP contribution in [0.4, 0.5) is 5.82 Å². The maximum atomic E-state index is 4.88. The first-order valence-electron chi connectivity index (χ1n) is 8.93. The van der Waals surface area contributed by atoms with Crippen molar-refractivity contribution in [3.8, 4) is 0 Å². The molecule has 2 aromatic heterocycles. The van der Waals surface area contributed by atoms with Gasteiger partial charge in [-0.1, -0.05) is 0 Å². The van der Waals surface area contributed by atoms with Crippen LogP contribution in [0.2, 0.25) is 14.8 Å². The molecule has 0 amide bonds. The van der Waals surface area contributed by atoms with E-state index in [2.05, 4.69) is 70.1 Å². The number of fused-ring (bicyclic) bond motifs is 1. The predicted molar refractivity (Wildman–Crippen MR) is 106 cm³/mol. The zero-order chi connectivity index (χ0) is 17.5. The van der Waals surface area contributed by atoms with E-state index in [-0.39, 0.29) is 5.54 Å². The van der Waals surface area contributed by atoms with Gasteiger partial charge in [-0.05, 0) is 0 Å². The van der Waals surface area contributed by atoms with Crippen molar-refractivity contribution in [2.75, 3.05) is 18.0 Å². The van der Waals surface area contributed by atoms with Crippen LogP contribution in [0.25, 0.3) is 11.0 Å². The van der Waals surface area contributed by atoms with Crippen LogP contribution in [0.1, 0.15) is 27.2 Å². The first-order valence-corrected chi connectivity index (χ1v) is 18.9. The Morgan fingerprint density at radius 1 is 1.04 bits per heavy atom. The molecular formula is C19H30N4Sn. The third kappa shape index (κ3) is 4.20. The Balaban J connectivity index is 1.79. The summed E-state index contributed by atoms with van der Waals surface area (Å²) in [7, 11) is 0. The van der Waals surface area contributed by atoms with Gasteiger partial charge in [-0.2, -0.15) is 0 Å². The zero-order valence-corrected chi connectivity index (χ0v) is 18.7. The van der Waals surface area contributed by atoms with Gasteiger partial charge >= 0.3 is 150 Å². The van der Waals surface area contributed by atoms with Crippen molar-refractivity contribution in [2.45, 2.75) is 53.6 Å². The molecule has 4 nitrogen and oxygen atoms in total. The average Bonchev–Trinajstić information content (AvgIpc) is 2.91. The monoisotopic (exact) mass is 434 g/mol. The summed E-state index contributed by atoms with van der Waals surface area (Å²) in [6.07, 6.45) is 1.17. The van der Waals surface area contributed by atoms with E-state index in [4.69, 9.17) is 9.97 Å². The van der Waals surface area contributed by atoms with Gasteiger partial charge in [-0.15, -0.1) is 0 Å². The number of nitrogens with one attached hydrogen (secondary N) is 1. The average molecular weight is 433 g/mol. The Hall–Kier alpha value is -0.881. The Kier molecular flexibility index (Phi) is 4.82. The number of hydrogen-bond acceptors (Lipinski definition) is 4. The van der Waals surface area contributed by atoms with Crippen LogP contribution >= 0.6 is 0 Å². The maximum absolute atomic E-state index is 4.88. The molecule has 130 valence electrons. The Bertz CT molecular complexity index is 730. The molecule has 5 heteroatoms. The van der Waals surface area contributed by atoms with E-state index in [0.717, 1.165) is 29.9 Å². The van der Waals surface area contributed by atoms with Crippen molar-refractivity contribution in [3.63, 3.8) is 0 Å². The van der Waals surface area contributed by atoms with E-state index >= 15 is 0 Å². The SMILES string of the molecule is CC(C)(C)NC1CCN(c2ccc3n[c]([Sn]([CH3])([CH3])[CH3])ccc3n2)C1. The minimum absolute atomic E-state index is 0.163. The second kappa shape index (κ2) is 6.45. The molecule has 0 spiro atoms. The van der Waals surface area contributed by atoms with Crippen molar-refractivity contribution >= 4 is 38.9 Å². The van der Waals surface area contributed by atoms with Gasteiger partial charge in [0, 0.05) is 0 Å². The van der Waals surface area contributed by atoms with Gasteiger partial charge in [0.1, 0.15) is 0 Å². The molecule has 1 unspecified atom stereocenters. The molecule has 3 heterocycles. The van der Waals surface area contributed by atoms with E-state index in [1.165, 1.54) is 10.1 Å². The molecule has 0 radical (unpaired) electrons. The van der Waals surface area contributed by atoms with Crippen molar-refractivity contribution in [1.82, 2.24) is 15.3 Å². The van der Waals surface area contributed by atoms with Crippen LogP contribution in [-0.4, -0.2) is 53.0 Å². The van der Waals surface area contributed by atoms with Gasteiger partial charge in [0.25, 0.3) is 0 Å². The molecule has 1 aliphatic rings. The minimum atomic E-state index is -2.12. The molecule has 1 saturated heterocycles. The van der Waals surface area contributed by atoms with Gasteiger partial charge in [0.15, 0.2) is 0 Å². The summed E-state index contributed by atoms with van der Waals surface area (Å²) in [5.74, 6) is 1.08. The molecule has 1 N–H and O–H groups in total. The fraction of sp³-hybridized carbons (Fsp3) is 0.579. The summed E-state index contributed by atoms with van der Waals surface area (Å²) in [6, 6.07) is 9.17.